The number of nitrogens with one attached hydrogen (secondary N) is 1. The van der Waals surface area contributed by atoms with Crippen molar-refractivity contribution in [3.63, 3.8) is 0 Å². The number of carboxylic acids is 1. The van der Waals surface area contributed by atoms with E-state index in [1.807, 2.05) is 13.8 Å². The predicted octanol–water partition coefficient (Wildman–Crippen LogP) is 1.88. The van der Waals surface area contributed by atoms with Crippen LogP contribution in [0.15, 0.2) is 23.1 Å². The molecule has 23 heavy (non-hydrogen) atoms. The first-order valence-corrected chi connectivity index (χ1v) is 9.37. The molecule has 0 spiro atoms. The van der Waals surface area contributed by atoms with Gasteiger partial charge in [-0.1, -0.05) is 33.3 Å². The normalized spacial score (nSPS) is 14.1. The number of aliphatic carboxylic acids is 1. The van der Waals surface area contributed by atoms with Gasteiger partial charge in [0.15, 0.2) is 9.84 Å². The van der Waals surface area contributed by atoms with Crippen molar-refractivity contribution >= 4 is 21.7 Å². The van der Waals surface area contributed by atoms with E-state index in [9.17, 15) is 23.1 Å². The van der Waals surface area contributed by atoms with E-state index >= 15 is 0 Å². The number of rotatable bonds is 7. The highest BCUT2D eigenvalue weighted by Crippen LogP contribution is 2.18. The molecule has 2 N–H and O–H groups in total. The lowest BCUT2D eigenvalue weighted by atomic mass is 9.98. The van der Waals surface area contributed by atoms with Gasteiger partial charge in [0.25, 0.3) is 5.91 Å². The number of carbonyl (C=O) groups is 2. The molecular weight excluding hydrogens is 318 g/mol. The maximum absolute atomic E-state index is 12.5. The maximum Gasteiger partial charge on any atom is 0.326 e. The monoisotopic (exact) mass is 341 g/mol. The highest BCUT2D eigenvalue weighted by atomic mass is 32.2. The van der Waals surface area contributed by atoms with Crippen LogP contribution in [0, 0.1) is 5.92 Å². The van der Waals surface area contributed by atoms with E-state index in [2.05, 4.69) is 5.32 Å². The van der Waals surface area contributed by atoms with Crippen LogP contribution < -0.4 is 5.32 Å². The Morgan fingerprint density at radius 3 is 2.30 bits per heavy atom. The third kappa shape index (κ3) is 4.79. The molecule has 0 aliphatic rings. The summed E-state index contributed by atoms with van der Waals surface area (Å²) in [6.45, 7) is 5.43. The SMILES string of the molecule is CCc1ccc(S(C)(=O)=O)cc1C(=O)NC(C(=O)O)C(C)CC. The molecule has 0 aromatic heterocycles. The second kappa shape index (κ2) is 7.59. The Hall–Kier alpha value is -1.89. The number of carboxylic acid groups (broad SMARTS) is 1. The van der Waals surface area contributed by atoms with Gasteiger partial charge in [0.1, 0.15) is 6.04 Å². The fraction of sp³-hybridized carbons (Fsp3) is 0.500. The molecule has 1 rings (SSSR count). The highest BCUT2D eigenvalue weighted by molar-refractivity contribution is 7.90. The van der Waals surface area contributed by atoms with Gasteiger partial charge in [0, 0.05) is 11.8 Å². The first kappa shape index (κ1) is 19.2. The van der Waals surface area contributed by atoms with E-state index in [1.165, 1.54) is 12.1 Å². The molecule has 0 bridgehead atoms. The van der Waals surface area contributed by atoms with Gasteiger partial charge < -0.3 is 10.4 Å². The lowest BCUT2D eigenvalue weighted by Crippen LogP contribution is -2.45. The molecule has 6 nitrogen and oxygen atoms in total. The van der Waals surface area contributed by atoms with Gasteiger partial charge in [-0.2, -0.15) is 0 Å². The molecule has 2 atom stereocenters. The topological polar surface area (TPSA) is 101 Å². The van der Waals surface area contributed by atoms with E-state index in [-0.39, 0.29) is 16.4 Å². The summed E-state index contributed by atoms with van der Waals surface area (Å²) >= 11 is 0. The summed E-state index contributed by atoms with van der Waals surface area (Å²) in [6, 6.07) is 3.33. The Morgan fingerprint density at radius 1 is 1.26 bits per heavy atom. The zero-order chi connectivity index (χ0) is 17.8. The fourth-order valence-corrected chi connectivity index (χ4v) is 2.86. The van der Waals surface area contributed by atoms with Crippen LogP contribution in [0.3, 0.4) is 0 Å². The highest BCUT2D eigenvalue weighted by Gasteiger charge is 2.26. The van der Waals surface area contributed by atoms with Gasteiger partial charge >= 0.3 is 5.97 Å². The first-order valence-electron chi connectivity index (χ1n) is 7.48. The van der Waals surface area contributed by atoms with Crippen LogP contribution in [0.1, 0.15) is 43.1 Å². The van der Waals surface area contributed by atoms with Gasteiger partial charge in [-0.15, -0.1) is 0 Å². The molecule has 1 aromatic rings. The van der Waals surface area contributed by atoms with E-state index in [0.717, 1.165) is 6.26 Å². The van der Waals surface area contributed by atoms with Gasteiger partial charge in [0.2, 0.25) is 0 Å². The summed E-state index contributed by atoms with van der Waals surface area (Å²) in [5.74, 6) is -1.91. The summed E-state index contributed by atoms with van der Waals surface area (Å²) in [6.07, 6.45) is 2.20. The van der Waals surface area contributed by atoms with Crippen molar-refractivity contribution in [2.24, 2.45) is 5.92 Å². The summed E-state index contributed by atoms with van der Waals surface area (Å²) in [5.41, 5.74) is 0.869. The minimum atomic E-state index is -3.45. The largest absolute Gasteiger partial charge is 0.480 e. The van der Waals surface area contributed by atoms with Crippen molar-refractivity contribution < 1.29 is 23.1 Å². The molecule has 1 amide bonds. The van der Waals surface area contributed by atoms with Crippen molar-refractivity contribution in [1.82, 2.24) is 5.32 Å². The lowest BCUT2D eigenvalue weighted by Gasteiger charge is -2.21. The van der Waals surface area contributed by atoms with E-state index in [4.69, 9.17) is 0 Å². The Kier molecular flexibility index (Phi) is 6.32. The first-order chi connectivity index (χ1) is 10.6. The molecule has 7 heteroatoms. The molecule has 2 unspecified atom stereocenters. The maximum atomic E-state index is 12.5. The smallest absolute Gasteiger partial charge is 0.326 e. The van der Waals surface area contributed by atoms with E-state index in [1.54, 1.807) is 13.0 Å². The molecule has 0 radical (unpaired) electrons. The molecule has 0 aliphatic heterocycles. The van der Waals surface area contributed by atoms with Gasteiger partial charge in [0.05, 0.1) is 4.90 Å². The van der Waals surface area contributed by atoms with E-state index < -0.39 is 27.8 Å². The van der Waals surface area contributed by atoms with Crippen LogP contribution in [-0.2, 0) is 21.1 Å². The van der Waals surface area contributed by atoms with Crippen molar-refractivity contribution in [3.05, 3.63) is 29.3 Å². The molecule has 0 aliphatic carbocycles. The second-order valence-corrected chi connectivity index (χ2v) is 7.64. The van der Waals surface area contributed by atoms with Crippen molar-refractivity contribution in [1.29, 1.82) is 0 Å². The van der Waals surface area contributed by atoms with Crippen LogP contribution in [0.25, 0.3) is 0 Å². The molecule has 128 valence electrons. The summed E-state index contributed by atoms with van der Waals surface area (Å²) in [5, 5.41) is 11.8. The molecule has 0 fully saturated rings. The Morgan fingerprint density at radius 2 is 1.87 bits per heavy atom. The van der Waals surface area contributed by atoms with Crippen molar-refractivity contribution in [3.8, 4) is 0 Å². The summed E-state index contributed by atoms with van der Waals surface area (Å²) in [4.78, 5) is 23.8. The zero-order valence-electron chi connectivity index (χ0n) is 13.8. The van der Waals surface area contributed by atoms with Crippen molar-refractivity contribution in [2.75, 3.05) is 6.26 Å². The Bertz CT molecular complexity index is 696. The van der Waals surface area contributed by atoms with Gasteiger partial charge in [-0.05, 0) is 30.0 Å². The third-order valence-corrected chi connectivity index (χ3v) is 5.01. The van der Waals surface area contributed by atoms with Crippen LogP contribution in [0.4, 0.5) is 0 Å². The summed E-state index contributed by atoms with van der Waals surface area (Å²) in [7, 11) is -3.45. The van der Waals surface area contributed by atoms with Crippen LogP contribution in [-0.4, -0.2) is 37.7 Å². The number of aryl methyl sites for hydroxylation is 1. The fourth-order valence-electron chi connectivity index (χ4n) is 2.21. The Balaban J connectivity index is 3.22. The molecule has 0 saturated carbocycles. The minimum Gasteiger partial charge on any atom is -0.480 e. The number of hydrogen-bond acceptors (Lipinski definition) is 4. The predicted molar refractivity (Wildman–Crippen MR) is 87.3 cm³/mol. The van der Waals surface area contributed by atoms with Gasteiger partial charge in [-0.3, -0.25) is 4.79 Å². The number of benzene rings is 1. The quantitative estimate of drug-likeness (QED) is 0.788. The average molecular weight is 341 g/mol. The second-order valence-electron chi connectivity index (χ2n) is 5.62. The average Bonchev–Trinajstić information content (AvgIpc) is 2.49. The van der Waals surface area contributed by atoms with Crippen LogP contribution >= 0.6 is 0 Å². The third-order valence-electron chi connectivity index (χ3n) is 3.90. The van der Waals surface area contributed by atoms with Gasteiger partial charge in [-0.25, -0.2) is 13.2 Å². The molecule has 0 saturated heterocycles. The van der Waals surface area contributed by atoms with Crippen LogP contribution in [0.5, 0.6) is 0 Å². The lowest BCUT2D eigenvalue weighted by molar-refractivity contribution is -0.140. The van der Waals surface area contributed by atoms with Crippen LogP contribution in [0.2, 0.25) is 0 Å². The number of sulfone groups is 1. The standard InChI is InChI=1S/C16H23NO5S/c1-5-10(3)14(16(19)20)17-15(18)13-9-12(23(4,21)22)8-7-11(13)6-2/h7-10,14H,5-6H2,1-4H3,(H,17,18)(H,19,20). The number of hydrogen-bond donors (Lipinski definition) is 2. The number of carbonyl (C=O) groups excluding carboxylic acids is 1. The zero-order valence-corrected chi connectivity index (χ0v) is 14.6. The van der Waals surface area contributed by atoms with E-state index in [0.29, 0.717) is 18.4 Å². The molecule has 1 aromatic carbocycles. The Labute approximate surface area is 136 Å². The van der Waals surface area contributed by atoms with Crippen molar-refractivity contribution in [2.45, 2.75) is 44.6 Å². The molecule has 0 heterocycles. The minimum absolute atomic E-state index is 0.0373. The number of amides is 1. The molecular formula is C16H23NO5S. The summed E-state index contributed by atoms with van der Waals surface area (Å²) < 4.78 is 23.3.